The van der Waals surface area contributed by atoms with Gasteiger partial charge in [0.25, 0.3) is 5.91 Å². The second kappa shape index (κ2) is 9.19. The Morgan fingerprint density at radius 2 is 1.78 bits per heavy atom. The molecule has 4 aromatic rings. The van der Waals surface area contributed by atoms with E-state index in [-0.39, 0.29) is 31.2 Å². The third kappa shape index (κ3) is 4.85. The first kappa shape index (κ1) is 23.7. The molecule has 5 rings (SSSR count). The van der Waals surface area contributed by atoms with E-state index in [2.05, 4.69) is 4.74 Å². The Bertz CT molecular complexity index is 1460. The largest absolute Gasteiger partial charge is 0.573 e. The van der Waals surface area contributed by atoms with E-state index in [4.69, 9.17) is 9.84 Å². The number of amides is 1. The molecule has 1 amide bonds. The fraction of sp³-hybridized carbons (Fsp3) is 0.154. The van der Waals surface area contributed by atoms with E-state index in [0.29, 0.717) is 17.0 Å². The van der Waals surface area contributed by atoms with Gasteiger partial charge in [0, 0.05) is 16.0 Å². The summed E-state index contributed by atoms with van der Waals surface area (Å²) in [5.41, 5.74) is 3.33. The summed E-state index contributed by atoms with van der Waals surface area (Å²) < 4.78 is 48.1. The first-order valence-electron chi connectivity index (χ1n) is 10.8. The molecule has 0 radical (unpaired) electrons. The lowest BCUT2D eigenvalue weighted by Crippen LogP contribution is -2.23. The van der Waals surface area contributed by atoms with Crippen LogP contribution in [0, 0.1) is 0 Å². The van der Waals surface area contributed by atoms with Crippen molar-refractivity contribution in [1.82, 2.24) is 0 Å². The second-order valence-corrected chi connectivity index (χ2v) is 9.07. The number of halogens is 3. The van der Waals surface area contributed by atoms with Gasteiger partial charge in [-0.1, -0.05) is 12.1 Å². The lowest BCUT2D eigenvalue weighted by atomic mass is 10.0. The topological polar surface area (TPSA) is 76.1 Å². The second-order valence-electron chi connectivity index (χ2n) is 8.15. The van der Waals surface area contributed by atoms with Crippen molar-refractivity contribution in [1.29, 1.82) is 0 Å². The van der Waals surface area contributed by atoms with Crippen LogP contribution in [0.3, 0.4) is 0 Å². The van der Waals surface area contributed by atoms with E-state index < -0.39 is 12.3 Å². The zero-order valence-electron chi connectivity index (χ0n) is 18.5. The Kier molecular flexibility index (Phi) is 6.05. The maximum Gasteiger partial charge on any atom is 0.573 e. The Morgan fingerprint density at radius 1 is 1.03 bits per heavy atom. The molecular weight excluding hydrogens is 495 g/mol. The van der Waals surface area contributed by atoms with Crippen molar-refractivity contribution in [3.05, 3.63) is 88.3 Å². The molecule has 0 bridgehead atoms. The third-order valence-electron chi connectivity index (χ3n) is 5.81. The molecule has 0 saturated heterocycles. The molecule has 1 aliphatic rings. The Hall–Kier alpha value is -4.05. The van der Waals surface area contributed by atoms with Gasteiger partial charge in [0.05, 0.1) is 13.0 Å². The normalized spacial score (nSPS) is 13.2. The minimum absolute atomic E-state index is 0.0427. The van der Waals surface area contributed by atoms with Crippen LogP contribution < -0.4 is 14.4 Å². The SMILES string of the molecule is O=C(O)Cc1csc2cc(OCc3cccc4c3CN(c3ccc(OC(F)(F)F)cc3)C4=O)ccc12. The molecule has 0 aliphatic carbocycles. The molecular formula is C26H18F3NO5S. The van der Waals surface area contributed by atoms with Gasteiger partial charge in [-0.2, -0.15) is 0 Å². The highest BCUT2D eigenvalue weighted by Gasteiger charge is 2.32. The highest BCUT2D eigenvalue weighted by molar-refractivity contribution is 7.17. The molecule has 1 N–H and O–H groups in total. The lowest BCUT2D eigenvalue weighted by molar-refractivity contribution is -0.274. The number of rotatable bonds is 7. The van der Waals surface area contributed by atoms with Crippen molar-refractivity contribution in [2.24, 2.45) is 0 Å². The molecule has 0 unspecified atom stereocenters. The summed E-state index contributed by atoms with van der Waals surface area (Å²) in [5, 5.41) is 11.8. The number of thiophene rings is 1. The van der Waals surface area contributed by atoms with Crippen molar-refractivity contribution in [2.45, 2.75) is 25.9 Å². The minimum Gasteiger partial charge on any atom is -0.489 e. The average Bonchev–Trinajstić information content (AvgIpc) is 3.38. The van der Waals surface area contributed by atoms with Gasteiger partial charge in [-0.05, 0) is 76.0 Å². The molecule has 0 atom stereocenters. The number of carbonyl (C=O) groups excluding carboxylic acids is 1. The van der Waals surface area contributed by atoms with E-state index in [1.54, 1.807) is 18.2 Å². The van der Waals surface area contributed by atoms with Crippen LogP contribution in [0.5, 0.6) is 11.5 Å². The number of fused-ring (bicyclic) bond motifs is 2. The predicted molar refractivity (Wildman–Crippen MR) is 128 cm³/mol. The van der Waals surface area contributed by atoms with Crippen LogP contribution in [0.15, 0.2) is 66.0 Å². The van der Waals surface area contributed by atoms with Crippen LogP contribution in [-0.4, -0.2) is 23.3 Å². The minimum atomic E-state index is -4.79. The van der Waals surface area contributed by atoms with Gasteiger partial charge >= 0.3 is 12.3 Å². The molecule has 10 heteroatoms. The first-order valence-corrected chi connectivity index (χ1v) is 11.7. The molecule has 6 nitrogen and oxygen atoms in total. The van der Waals surface area contributed by atoms with Gasteiger partial charge in [-0.3, -0.25) is 9.59 Å². The van der Waals surface area contributed by atoms with Crippen LogP contribution in [0.2, 0.25) is 0 Å². The van der Waals surface area contributed by atoms with Crippen LogP contribution in [-0.2, 0) is 24.4 Å². The number of hydrogen-bond acceptors (Lipinski definition) is 5. The Labute approximate surface area is 207 Å². The molecule has 1 aromatic heterocycles. The van der Waals surface area contributed by atoms with Gasteiger partial charge in [-0.25, -0.2) is 0 Å². The van der Waals surface area contributed by atoms with Gasteiger partial charge in [0.2, 0.25) is 0 Å². The van der Waals surface area contributed by atoms with Crippen molar-refractivity contribution < 1.29 is 37.3 Å². The number of benzene rings is 3. The van der Waals surface area contributed by atoms with E-state index in [1.807, 2.05) is 23.6 Å². The lowest BCUT2D eigenvalue weighted by Gasteiger charge is -2.17. The Balaban J connectivity index is 1.31. The number of aliphatic carboxylic acids is 1. The van der Waals surface area contributed by atoms with Crippen molar-refractivity contribution in [3.63, 3.8) is 0 Å². The standard InChI is InChI=1S/C26H18F3NO5S/c27-26(28,29)35-18-6-4-17(5-7-18)30-12-22-15(2-1-3-21(22)25(30)33)13-34-19-8-9-20-16(10-24(31)32)14-36-23(20)11-19/h1-9,11,14H,10,12-13H2,(H,31,32). The number of carboxylic acid groups (broad SMARTS) is 1. The van der Waals surface area contributed by atoms with E-state index >= 15 is 0 Å². The summed E-state index contributed by atoms with van der Waals surface area (Å²) in [6.45, 7) is 0.469. The smallest absolute Gasteiger partial charge is 0.489 e. The van der Waals surface area contributed by atoms with Crippen molar-refractivity contribution in [3.8, 4) is 11.5 Å². The third-order valence-corrected chi connectivity index (χ3v) is 6.80. The fourth-order valence-corrected chi connectivity index (χ4v) is 5.17. The van der Waals surface area contributed by atoms with Crippen LogP contribution in [0.1, 0.15) is 27.0 Å². The Morgan fingerprint density at radius 3 is 2.50 bits per heavy atom. The molecule has 0 spiro atoms. The highest BCUT2D eigenvalue weighted by Crippen LogP contribution is 2.34. The fourth-order valence-electron chi connectivity index (χ4n) is 4.18. The zero-order valence-corrected chi connectivity index (χ0v) is 19.4. The monoisotopic (exact) mass is 513 g/mol. The summed E-state index contributed by atoms with van der Waals surface area (Å²) in [6.07, 6.45) is -4.83. The number of hydrogen-bond donors (Lipinski definition) is 1. The zero-order chi connectivity index (χ0) is 25.4. The summed E-state index contributed by atoms with van der Waals surface area (Å²) in [6, 6.07) is 16.0. The summed E-state index contributed by atoms with van der Waals surface area (Å²) in [4.78, 5) is 25.5. The van der Waals surface area contributed by atoms with Gasteiger partial charge in [0.1, 0.15) is 18.1 Å². The van der Waals surface area contributed by atoms with E-state index in [0.717, 1.165) is 26.8 Å². The van der Waals surface area contributed by atoms with Gasteiger partial charge in [-0.15, -0.1) is 24.5 Å². The molecule has 184 valence electrons. The number of carbonyl (C=O) groups is 2. The quantitative estimate of drug-likeness (QED) is 0.320. The molecule has 36 heavy (non-hydrogen) atoms. The number of nitrogens with zero attached hydrogens (tertiary/aromatic N) is 1. The van der Waals surface area contributed by atoms with Crippen LogP contribution >= 0.6 is 11.3 Å². The van der Waals surface area contributed by atoms with Crippen LogP contribution in [0.25, 0.3) is 10.1 Å². The number of carboxylic acids is 1. The molecule has 3 aromatic carbocycles. The number of anilines is 1. The van der Waals surface area contributed by atoms with Gasteiger partial charge in [0.15, 0.2) is 0 Å². The summed E-state index contributed by atoms with van der Waals surface area (Å²) in [5.74, 6) is -0.878. The van der Waals surface area contributed by atoms with E-state index in [9.17, 15) is 22.8 Å². The number of ether oxygens (including phenoxy) is 2. The van der Waals surface area contributed by atoms with E-state index in [1.165, 1.54) is 40.5 Å². The number of alkyl halides is 3. The maximum absolute atomic E-state index is 13.0. The molecule has 0 fully saturated rings. The summed E-state index contributed by atoms with van der Waals surface area (Å²) >= 11 is 1.45. The maximum atomic E-state index is 13.0. The van der Waals surface area contributed by atoms with Crippen LogP contribution in [0.4, 0.5) is 18.9 Å². The summed E-state index contributed by atoms with van der Waals surface area (Å²) in [7, 11) is 0. The molecule has 2 heterocycles. The highest BCUT2D eigenvalue weighted by atomic mass is 32.1. The average molecular weight is 513 g/mol. The molecule has 0 saturated carbocycles. The van der Waals surface area contributed by atoms with Gasteiger partial charge < -0.3 is 19.5 Å². The van der Waals surface area contributed by atoms with Crippen molar-refractivity contribution in [2.75, 3.05) is 4.90 Å². The van der Waals surface area contributed by atoms with Crippen molar-refractivity contribution >= 4 is 39.0 Å². The molecule has 1 aliphatic heterocycles. The first-order chi connectivity index (χ1) is 17.2. The predicted octanol–water partition coefficient (Wildman–Crippen LogP) is 6.17.